The molecule has 0 saturated heterocycles. The van der Waals surface area contributed by atoms with Gasteiger partial charge in [0.1, 0.15) is 5.75 Å². The summed E-state index contributed by atoms with van der Waals surface area (Å²) in [5.74, 6) is 2.36. The molecule has 1 fully saturated rings. The first-order chi connectivity index (χ1) is 7.20. The molecule has 0 spiro atoms. The summed E-state index contributed by atoms with van der Waals surface area (Å²) >= 11 is 0. The van der Waals surface area contributed by atoms with Crippen LogP contribution >= 0.6 is 0 Å². The summed E-state index contributed by atoms with van der Waals surface area (Å²) in [7, 11) is 0. The van der Waals surface area contributed by atoms with Gasteiger partial charge >= 0.3 is 0 Å². The van der Waals surface area contributed by atoms with Gasteiger partial charge in [-0.1, -0.05) is 12.1 Å². The molecular weight excluding hydrogens is 186 g/mol. The monoisotopic (exact) mass is 205 g/mol. The van der Waals surface area contributed by atoms with Crippen molar-refractivity contribution in [3.63, 3.8) is 0 Å². The van der Waals surface area contributed by atoms with Crippen LogP contribution in [0.3, 0.4) is 0 Å². The van der Waals surface area contributed by atoms with Crippen LogP contribution in [0.1, 0.15) is 31.7 Å². The van der Waals surface area contributed by atoms with E-state index in [2.05, 4.69) is 24.3 Å². The first-order valence-electron chi connectivity index (χ1n) is 5.67. The summed E-state index contributed by atoms with van der Waals surface area (Å²) in [6.45, 7) is 4.90. The fourth-order valence-corrected chi connectivity index (χ4v) is 1.98. The van der Waals surface area contributed by atoms with Gasteiger partial charge in [0.05, 0.1) is 6.10 Å². The van der Waals surface area contributed by atoms with Crippen molar-refractivity contribution in [1.29, 1.82) is 0 Å². The highest BCUT2D eigenvalue weighted by atomic mass is 16.5. The van der Waals surface area contributed by atoms with Crippen LogP contribution in [-0.4, -0.2) is 12.6 Å². The minimum Gasteiger partial charge on any atom is -0.491 e. The molecular formula is C13H19NO. The van der Waals surface area contributed by atoms with Crippen LogP contribution in [0.5, 0.6) is 5.75 Å². The van der Waals surface area contributed by atoms with Crippen LogP contribution in [-0.2, 0) is 0 Å². The van der Waals surface area contributed by atoms with E-state index in [9.17, 15) is 0 Å². The minimum absolute atomic E-state index is 0.244. The molecule has 0 heterocycles. The van der Waals surface area contributed by atoms with Crippen molar-refractivity contribution in [2.75, 3.05) is 6.54 Å². The molecule has 0 radical (unpaired) electrons. The quantitative estimate of drug-likeness (QED) is 0.819. The lowest BCUT2D eigenvalue weighted by atomic mass is 10.1. The Bertz CT molecular complexity index is 318. The molecule has 0 bridgehead atoms. The van der Waals surface area contributed by atoms with Gasteiger partial charge in [0.15, 0.2) is 0 Å². The molecule has 15 heavy (non-hydrogen) atoms. The van der Waals surface area contributed by atoms with Gasteiger partial charge in [-0.3, -0.25) is 0 Å². The van der Waals surface area contributed by atoms with Crippen molar-refractivity contribution in [2.45, 2.75) is 32.3 Å². The van der Waals surface area contributed by atoms with E-state index in [0.29, 0.717) is 11.8 Å². The summed E-state index contributed by atoms with van der Waals surface area (Å²) < 4.78 is 5.60. The SMILES string of the molecule is CC(C)Oc1ccc(C2CC2CN)cc1. The molecule has 1 aromatic rings. The summed E-state index contributed by atoms with van der Waals surface area (Å²) in [6.07, 6.45) is 1.49. The van der Waals surface area contributed by atoms with Crippen molar-refractivity contribution >= 4 is 0 Å². The van der Waals surface area contributed by atoms with E-state index >= 15 is 0 Å². The zero-order valence-corrected chi connectivity index (χ0v) is 9.44. The molecule has 2 unspecified atom stereocenters. The van der Waals surface area contributed by atoms with Gasteiger partial charge in [0.25, 0.3) is 0 Å². The molecule has 2 nitrogen and oxygen atoms in total. The molecule has 1 aromatic carbocycles. The van der Waals surface area contributed by atoms with Crippen LogP contribution in [0.15, 0.2) is 24.3 Å². The van der Waals surface area contributed by atoms with Crippen molar-refractivity contribution < 1.29 is 4.74 Å². The highest BCUT2D eigenvalue weighted by Crippen LogP contribution is 2.46. The van der Waals surface area contributed by atoms with Gasteiger partial charge in [-0.05, 0) is 56.3 Å². The number of benzene rings is 1. The number of hydrogen-bond donors (Lipinski definition) is 1. The maximum Gasteiger partial charge on any atom is 0.119 e. The van der Waals surface area contributed by atoms with Crippen molar-refractivity contribution in [1.82, 2.24) is 0 Å². The number of nitrogens with two attached hydrogens (primary N) is 1. The average Bonchev–Trinajstić information content (AvgIpc) is 2.97. The maximum absolute atomic E-state index is 5.63. The second-order valence-corrected chi connectivity index (χ2v) is 4.57. The molecule has 2 rings (SSSR count). The average molecular weight is 205 g/mol. The first kappa shape index (κ1) is 10.5. The second-order valence-electron chi connectivity index (χ2n) is 4.57. The van der Waals surface area contributed by atoms with Gasteiger partial charge in [-0.25, -0.2) is 0 Å². The van der Waals surface area contributed by atoms with Crippen molar-refractivity contribution in [3.8, 4) is 5.75 Å². The van der Waals surface area contributed by atoms with Gasteiger partial charge in [0, 0.05) is 0 Å². The topological polar surface area (TPSA) is 35.2 Å². The largest absolute Gasteiger partial charge is 0.491 e. The second kappa shape index (κ2) is 4.23. The maximum atomic E-state index is 5.63. The van der Waals surface area contributed by atoms with Gasteiger partial charge in [-0.15, -0.1) is 0 Å². The number of rotatable bonds is 4. The molecule has 82 valence electrons. The van der Waals surface area contributed by atoms with Gasteiger partial charge in [-0.2, -0.15) is 0 Å². The fraction of sp³-hybridized carbons (Fsp3) is 0.538. The van der Waals surface area contributed by atoms with E-state index in [1.165, 1.54) is 12.0 Å². The van der Waals surface area contributed by atoms with E-state index in [-0.39, 0.29) is 6.10 Å². The molecule has 0 amide bonds. The van der Waals surface area contributed by atoms with Gasteiger partial charge < -0.3 is 10.5 Å². The summed E-state index contributed by atoms with van der Waals surface area (Å²) in [6, 6.07) is 8.44. The molecule has 2 atom stereocenters. The van der Waals surface area contributed by atoms with Crippen molar-refractivity contribution in [2.24, 2.45) is 11.7 Å². The third-order valence-electron chi connectivity index (χ3n) is 2.91. The lowest BCUT2D eigenvalue weighted by Gasteiger charge is -2.09. The normalized spacial score (nSPS) is 24.3. The number of hydrogen-bond acceptors (Lipinski definition) is 2. The van der Waals surface area contributed by atoms with Crippen LogP contribution in [0.4, 0.5) is 0 Å². The Morgan fingerprint density at radius 3 is 2.47 bits per heavy atom. The third-order valence-corrected chi connectivity index (χ3v) is 2.91. The predicted molar refractivity (Wildman–Crippen MR) is 62.1 cm³/mol. The summed E-state index contributed by atoms with van der Waals surface area (Å²) in [5, 5.41) is 0. The summed E-state index contributed by atoms with van der Waals surface area (Å²) in [5.41, 5.74) is 7.04. The molecule has 1 aliphatic carbocycles. The molecule has 0 aliphatic heterocycles. The Morgan fingerprint density at radius 1 is 1.33 bits per heavy atom. The van der Waals surface area contributed by atoms with Crippen LogP contribution in [0.2, 0.25) is 0 Å². The molecule has 2 heteroatoms. The zero-order chi connectivity index (χ0) is 10.8. The number of ether oxygens (including phenoxy) is 1. The smallest absolute Gasteiger partial charge is 0.119 e. The van der Waals surface area contributed by atoms with E-state index < -0.39 is 0 Å². The predicted octanol–water partition coefficient (Wildman–Crippen LogP) is 2.54. The lowest BCUT2D eigenvalue weighted by molar-refractivity contribution is 0.242. The Morgan fingerprint density at radius 2 is 2.00 bits per heavy atom. The lowest BCUT2D eigenvalue weighted by Crippen LogP contribution is -2.05. The third kappa shape index (κ3) is 2.51. The highest BCUT2D eigenvalue weighted by Gasteiger charge is 2.36. The van der Waals surface area contributed by atoms with Gasteiger partial charge in [0.2, 0.25) is 0 Å². The Balaban J connectivity index is 1.99. The standard InChI is InChI=1S/C13H19NO/c1-9(2)15-12-5-3-10(4-6-12)13-7-11(13)8-14/h3-6,9,11,13H,7-8,14H2,1-2H3. The molecule has 2 N–H and O–H groups in total. The fourth-order valence-electron chi connectivity index (χ4n) is 1.98. The minimum atomic E-state index is 0.244. The first-order valence-corrected chi connectivity index (χ1v) is 5.67. The van der Waals surface area contributed by atoms with Crippen LogP contribution in [0.25, 0.3) is 0 Å². The van der Waals surface area contributed by atoms with E-state index in [1.54, 1.807) is 0 Å². The summed E-state index contributed by atoms with van der Waals surface area (Å²) in [4.78, 5) is 0. The van der Waals surface area contributed by atoms with E-state index in [0.717, 1.165) is 12.3 Å². The Kier molecular flexibility index (Phi) is 2.96. The Hall–Kier alpha value is -1.02. The molecule has 1 aliphatic rings. The molecule has 0 aromatic heterocycles. The van der Waals surface area contributed by atoms with Crippen LogP contribution in [0, 0.1) is 5.92 Å². The van der Waals surface area contributed by atoms with E-state index in [1.807, 2.05) is 13.8 Å². The van der Waals surface area contributed by atoms with E-state index in [4.69, 9.17) is 10.5 Å². The van der Waals surface area contributed by atoms with Crippen LogP contribution < -0.4 is 10.5 Å². The zero-order valence-electron chi connectivity index (χ0n) is 9.44. The van der Waals surface area contributed by atoms with Crippen molar-refractivity contribution in [3.05, 3.63) is 29.8 Å². The Labute approximate surface area is 91.4 Å². The highest BCUT2D eigenvalue weighted by molar-refractivity contribution is 5.32. The molecule has 1 saturated carbocycles.